The number of hydrogen-bond acceptors (Lipinski definition) is 0. The van der Waals surface area contributed by atoms with E-state index >= 15 is 0 Å². The van der Waals surface area contributed by atoms with Crippen LogP contribution in [0.4, 0.5) is 0 Å². The first kappa shape index (κ1) is 28.5. The van der Waals surface area contributed by atoms with Crippen molar-refractivity contribution in [1.29, 1.82) is 0 Å². The highest BCUT2D eigenvalue weighted by Crippen LogP contribution is 2.41. The van der Waals surface area contributed by atoms with E-state index in [0.717, 1.165) is 12.8 Å². The number of fused-ring (bicyclic) bond motifs is 7. The van der Waals surface area contributed by atoms with Crippen LogP contribution < -0.4 is 0 Å². The molecule has 0 atom stereocenters. The zero-order valence-electron chi connectivity index (χ0n) is 26.4. The summed E-state index contributed by atoms with van der Waals surface area (Å²) in [5.74, 6) is 0. The lowest BCUT2D eigenvalue weighted by atomic mass is 10.0. The SMILES string of the molecule is CCCCCCCCc1ccc(-n2c3ccccc3c3ccc4c(c5ccccc5n4-c4ccc(CCCC)cc4)c32)cc1. The molecule has 2 nitrogen and oxygen atoms in total. The van der Waals surface area contributed by atoms with Crippen molar-refractivity contribution < 1.29 is 0 Å². The minimum absolute atomic E-state index is 1.14. The van der Waals surface area contributed by atoms with E-state index in [0.29, 0.717) is 0 Å². The van der Waals surface area contributed by atoms with Gasteiger partial charge >= 0.3 is 0 Å². The maximum atomic E-state index is 2.51. The number of hydrogen-bond donors (Lipinski definition) is 0. The first-order valence-electron chi connectivity index (χ1n) is 16.9. The Hall–Kier alpha value is -4.30. The zero-order valence-corrected chi connectivity index (χ0v) is 26.4. The van der Waals surface area contributed by atoms with Gasteiger partial charge < -0.3 is 9.13 Å². The van der Waals surface area contributed by atoms with Crippen molar-refractivity contribution in [3.05, 3.63) is 120 Å². The first-order valence-corrected chi connectivity index (χ1v) is 16.9. The zero-order chi connectivity index (χ0) is 29.9. The summed E-state index contributed by atoms with van der Waals surface area (Å²) in [6.07, 6.45) is 12.8. The van der Waals surface area contributed by atoms with E-state index in [1.165, 1.54) is 117 Å². The second-order valence-corrected chi connectivity index (χ2v) is 12.5. The Kier molecular flexibility index (Phi) is 8.24. The smallest absolute Gasteiger partial charge is 0.0641 e. The molecule has 0 unspecified atom stereocenters. The highest BCUT2D eigenvalue weighted by molar-refractivity contribution is 6.26. The molecule has 0 saturated carbocycles. The van der Waals surface area contributed by atoms with Crippen LogP contribution in [0.5, 0.6) is 0 Å². The maximum Gasteiger partial charge on any atom is 0.0641 e. The van der Waals surface area contributed by atoms with Crippen LogP contribution in [0.1, 0.15) is 76.3 Å². The third-order valence-electron chi connectivity index (χ3n) is 9.50. The van der Waals surface area contributed by atoms with Gasteiger partial charge in [-0.2, -0.15) is 0 Å². The van der Waals surface area contributed by atoms with Crippen molar-refractivity contribution in [2.75, 3.05) is 0 Å². The molecular formula is C42H44N2. The first-order chi connectivity index (χ1) is 21.8. The molecule has 2 aromatic heterocycles. The van der Waals surface area contributed by atoms with Gasteiger partial charge in [-0.25, -0.2) is 0 Å². The van der Waals surface area contributed by atoms with Gasteiger partial charge in [-0.3, -0.25) is 0 Å². The monoisotopic (exact) mass is 576 g/mol. The van der Waals surface area contributed by atoms with Crippen molar-refractivity contribution in [1.82, 2.24) is 9.13 Å². The average molecular weight is 577 g/mol. The molecule has 0 radical (unpaired) electrons. The summed E-state index contributed by atoms with van der Waals surface area (Å²) in [5, 5.41) is 5.23. The van der Waals surface area contributed by atoms with E-state index in [1.807, 2.05) is 0 Å². The number of benzene rings is 5. The Balaban J connectivity index is 1.37. The van der Waals surface area contributed by atoms with Gasteiger partial charge in [0.25, 0.3) is 0 Å². The summed E-state index contributed by atoms with van der Waals surface area (Å²) in [6.45, 7) is 4.55. The van der Waals surface area contributed by atoms with Crippen LogP contribution in [0.25, 0.3) is 55.0 Å². The van der Waals surface area contributed by atoms with Crippen molar-refractivity contribution in [2.24, 2.45) is 0 Å². The standard InChI is InChI=1S/C42H44N2/c1-3-5-7-8-9-10-16-32-23-27-34(28-24-32)44-38-19-13-11-17-35(38)36-29-30-40-41(42(36)44)37-18-12-14-20-39(37)43(40)33-25-21-31(22-26-33)15-6-4-2/h11-14,17-30H,3-10,15-16H2,1-2H3. The molecular weight excluding hydrogens is 532 g/mol. The largest absolute Gasteiger partial charge is 0.309 e. The molecule has 0 saturated heterocycles. The quantitative estimate of drug-likeness (QED) is 0.128. The number of aromatic nitrogens is 2. The molecule has 7 aromatic rings. The van der Waals surface area contributed by atoms with Crippen molar-refractivity contribution in [3.8, 4) is 11.4 Å². The molecule has 0 bridgehead atoms. The number of rotatable bonds is 12. The predicted molar refractivity (Wildman–Crippen MR) is 191 cm³/mol. The van der Waals surface area contributed by atoms with E-state index in [1.54, 1.807) is 0 Å². The molecule has 0 aliphatic rings. The van der Waals surface area contributed by atoms with E-state index in [2.05, 4.69) is 132 Å². The molecule has 2 heterocycles. The van der Waals surface area contributed by atoms with Crippen LogP contribution in [-0.2, 0) is 12.8 Å². The molecule has 0 aliphatic heterocycles. The summed E-state index contributed by atoms with van der Waals surface area (Å²) < 4.78 is 4.96. The Labute approximate surface area is 261 Å². The summed E-state index contributed by atoms with van der Waals surface area (Å²) in [6, 6.07) is 41.1. The van der Waals surface area contributed by atoms with Crippen molar-refractivity contribution >= 4 is 43.6 Å². The van der Waals surface area contributed by atoms with Crippen molar-refractivity contribution in [3.63, 3.8) is 0 Å². The summed E-state index contributed by atoms with van der Waals surface area (Å²) >= 11 is 0. The molecule has 222 valence electrons. The Morgan fingerprint density at radius 3 is 1.64 bits per heavy atom. The lowest BCUT2D eigenvalue weighted by Crippen LogP contribution is -1.96. The fourth-order valence-corrected chi connectivity index (χ4v) is 7.17. The van der Waals surface area contributed by atoms with E-state index in [9.17, 15) is 0 Å². The molecule has 0 fully saturated rings. The third-order valence-corrected chi connectivity index (χ3v) is 9.50. The molecule has 0 spiro atoms. The molecule has 7 rings (SSSR count). The third kappa shape index (κ3) is 5.21. The highest BCUT2D eigenvalue weighted by Gasteiger charge is 2.20. The van der Waals surface area contributed by atoms with Crippen LogP contribution >= 0.6 is 0 Å². The van der Waals surface area contributed by atoms with Gasteiger partial charge in [0, 0.05) is 32.9 Å². The summed E-state index contributed by atoms with van der Waals surface area (Å²) in [7, 11) is 0. The molecule has 44 heavy (non-hydrogen) atoms. The number of unbranched alkanes of at least 4 members (excludes halogenated alkanes) is 6. The Morgan fingerprint density at radius 1 is 0.409 bits per heavy atom. The Bertz CT molecular complexity index is 2020. The second kappa shape index (κ2) is 12.7. The van der Waals surface area contributed by atoms with Gasteiger partial charge in [0.05, 0.1) is 22.1 Å². The van der Waals surface area contributed by atoms with Gasteiger partial charge in [-0.1, -0.05) is 119 Å². The fraction of sp³-hybridized carbons (Fsp3) is 0.286. The molecule has 0 aliphatic carbocycles. The lowest BCUT2D eigenvalue weighted by molar-refractivity contribution is 0.607. The number of aryl methyl sites for hydroxylation is 2. The average Bonchev–Trinajstić information content (AvgIpc) is 3.59. The van der Waals surface area contributed by atoms with Crippen LogP contribution in [0, 0.1) is 0 Å². The number of nitrogens with zero attached hydrogens (tertiary/aromatic N) is 2. The van der Waals surface area contributed by atoms with Gasteiger partial charge in [0.1, 0.15) is 0 Å². The Morgan fingerprint density at radius 2 is 0.955 bits per heavy atom. The van der Waals surface area contributed by atoms with Gasteiger partial charge in [-0.15, -0.1) is 0 Å². The normalized spacial score (nSPS) is 11.9. The summed E-state index contributed by atoms with van der Waals surface area (Å²) in [5.41, 5.74) is 10.4. The van der Waals surface area contributed by atoms with Gasteiger partial charge in [-0.05, 0) is 79.3 Å². The maximum absolute atomic E-state index is 2.51. The van der Waals surface area contributed by atoms with E-state index in [4.69, 9.17) is 0 Å². The highest BCUT2D eigenvalue weighted by atomic mass is 15.0. The van der Waals surface area contributed by atoms with E-state index < -0.39 is 0 Å². The van der Waals surface area contributed by atoms with Gasteiger partial charge in [0.15, 0.2) is 0 Å². The summed E-state index contributed by atoms with van der Waals surface area (Å²) in [4.78, 5) is 0. The topological polar surface area (TPSA) is 9.86 Å². The fourth-order valence-electron chi connectivity index (χ4n) is 7.17. The minimum atomic E-state index is 1.14. The van der Waals surface area contributed by atoms with Crippen LogP contribution in [0.3, 0.4) is 0 Å². The lowest BCUT2D eigenvalue weighted by Gasteiger charge is -2.11. The molecule has 0 amide bonds. The second-order valence-electron chi connectivity index (χ2n) is 12.5. The minimum Gasteiger partial charge on any atom is -0.309 e. The molecule has 2 heteroatoms. The van der Waals surface area contributed by atoms with Crippen LogP contribution in [0.2, 0.25) is 0 Å². The van der Waals surface area contributed by atoms with E-state index in [-0.39, 0.29) is 0 Å². The molecule has 5 aromatic carbocycles. The van der Waals surface area contributed by atoms with Crippen molar-refractivity contribution in [2.45, 2.75) is 78.1 Å². The molecule has 0 N–H and O–H groups in total. The van der Waals surface area contributed by atoms with Crippen LogP contribution in [-0.4, -0.2) is 9.13 Å². The van der Waals surface area contributed by atoms with Gasteiger partial charge in [0.2, 0.25) is 0 Å². The predicted octanol–water partition coefficient (Wildman–Crippen LogP) is 12.1. The number of para-hydroxylation sites is 2. The van der Waals surface area contributed by atoms with Crippen LogP contribution in [0.15, 0.2) is 109 Å².